The Balaban J connectivity index is 2.96. The molecular weight excluding hydrogens is 220 g/mol. The molecule has 0 spiro atoms. The van der Waals surface area contributed by atoms with Gasteiger partial charge in [-0.15, -0.1) is 4.91 Å². The van der Waals surface area contributed by atoms with Gasteiger partial charge in [0, 0.05) is 0 Å². The predicted molar refractivity (Wildman–Crippen MR) is 66.0 cm³/mol. The molecule has 5 heteroatoms. The number of aromatic carboxylic acids is 1. The maximum absolute atomic E-state index is 10.8. The van der Waals surface area contributed by atoms with Crippen LogP contribution in [0.25, 0.3) is 0 Å². The first-order valence-corrected chi connectivity index (χ1v) is 5.59. The minimum atomic E-state index is -0.982. The van der Waals surface area contributed by atoms with E-state index in [0.29, 0.717) is 5.69 Å². The van der Waals surface area contributed by atoms with Gasteiger partial charge in [0.15, 0.2) is 0 Å². The molecule has 0 unspecified atom stereocenters. The molecule has 0 aliphatic heterocycles. The van der Waals surface area contributed by atoms with Gasteiger partial charge in [0.1, 0.15) is 0 Å². The molecule has 0 aromatic heterocycles. The number of carbonyl (C=O) groups is 1. The second-order valence-corrected chi connectivity index (χ2v) is 3.75. The number of hydrogen-bond acceptors (Lipinski definition) is 3. The largest absolute Gasteiger partial charge is 0.478 e. The minimum Gasteiger partial charge on any atom is -0.478 e. The highest BCUT2D eigenvalue weighted by Gasteiger charge is 2.16. The third-order valence-corrected chi connectivity index (χ3v) is 2.76. The number of nitroso groups, excluding NO2 is 1. The summed E-state index contributed by atoms with van der Waals surface area (Å²) in [6.07, 6.45) is 1.62. The summed E-state index contributed by atoms with van der Waals surface area (Å²) in [6, 6.07) is 6.19. The predicted octanol–water partition coefficient (Wildman–Crippen LogP) is 3.06. The molecule has 0 fully saturated rings. The van der Waals surface area contributed by atoms with Crippen molar-refractivity contribution in [2.75, 3.05) is 5.01 Å². The van der Waals surface area contributed by atoms with Gasteiger partial charge in [0.05, 0.1) is 22.6 Å². The van der Waals surface area contributed by atoms with E-state index in [1.165, 1.54) is 17.1 Å². The van der Waals surface area contributed by atoms with Crippen LogP contribution in [-0.2, 0) is 0 Å². The SMILES string of the molecule is CCC(CC)N(N=O)c1ccc(C(=O)O)cc1. The molecule has 1 aromatic carbocycles. The van der Waals surface area contributed by atoms with E-state index >= 15 is 0 Å². The van der Waals surface area contributed by atoms with Crippen LogP contribution >= 0.6 is 0 Å². The number of carboxylic acids is 1. The van der Waals surface area contributed by atoms with Crippen LogP contribution in [0.1, 0.15) is 37.0 Å². The lowest BCUT2D eigenvalue weighted by atomic mass is 10.1. The van der Waals surface area contributed by atoms with Crippen LogP contribution in [0.2, 0.25) is 0 Å². The summed E-state index contributed by atoms with van der Waals surface area (Å²) in [4.78, 5) is 21.5. The number of nitrogens with zero attached hydrogens (tertiary/aromatic N) is 2. The van der Waals surface area contributed by atoms with Crippen molar-refractivity contribution >= 4 is 11.7 Å². The molecule has 0 aliphatic carbocycles. The lowest BCUT2D eigenvalue weighted by Gasteiger charge is -2.24. The van der Waals surface area contributed by atoms with Crippen LogP contribution in [-0.4, -0.2) is 17.1 Å². The molecular formula is C12H16N2O3. The van der Waals surface area contributed by atoms with Crippen LogP contribution in [0.4, 0.5) is 5.69 Å². The zero-order chi connectivity index (χ0) is 12.8. The Hall–Kier alpha value is -1.91. The molecule has 1 N–H and O–H groups in total. The van der Waals surface area contributed by atoms with E-state index < -0.39 is 5.97 Å². The van der Waals surface area contributed by atoms with Crippen LogP contribution in [0.3, 0.4) is 0 Å². The van der Waals surface area contributed by atoms with Gasteiger partial charge in [-0.25, -0.2) is 9.80 Å². The van der Waals surface area contributed by atoms with E-state index in [1.807, 2.05) is 13.8 Å². The van der Waals surface area contributed by atoms with Crippen LogP contribution in [0, 0.1) is 4.91 Å². The fraction of sp³-hybridized carbons (Fsp3) is 0.417. The highest BCUT2D eigenvalue weighted by atomic mass is 16.4. The van der Waals surface area contributed by atoms with Gasteiger partial charge in [-0.05, 0) is 37.1 Å². The molecule has 0 saturated carbocycles. The molecule has 0 radical (unpaired) electrons. The lowest BCUT2D eigenvalue weighted by Crippen LogP contribution is -2.28. The molecule has 0 aliphatic rings. The van der Waals surface area contributed by atoms with Gasteiger partial charge in [0.2, 0.25) is 0 Å². The highest BCUT2D eigenvalue weighted by Crippen LogP contribution is 2.21. The Morgan fingerprint density at radius 1 is 1.29 bits per heavy atom. The van der Waals surface area contributed by atoms with Gasteiger partial charge in [-0.3, -0.25) is 0 Å². The summed E-state index contributed by atoms with van der Waals surface area (Å²) in [5.74, 6) is -0.982. The molecule has 1 aromatic rings. The monoisotopic (exact) mass is 236 g/mol. The van der Waals surface area contributed by atoms with Gasteiger partial charge >= 0.3 is 5.97 Å². The van der Waals surface area contributed by atoms with Gasteiger partial charge in [0.25, 0.3) is 0 Å². The van der Waals surface area contributed by atoms with Gasteiger partial charge < -0.3 is 5.11 Å². The van der Waals surface area contributed by atoms with E-state index in [2.05, 4.69) is 5.29 Å². The molecule has 92 valence electrons. The fourth-order valence-electron chi connectivity index (χ4n) is 1.72. The zero-order valence-electron chi connectivity index (χ0n) is 9.96. The minimum absolute atomic E-state index is 0.0446. The summed E-state index contributed by atoms with van der Waals surface area (Å²) in [5, 5.41) is 13.2. The Bertz CT molecular complexity index is 385. The van der Waals surface area contributed by atoms with Gasteiger partial charge in [-0.2, -0.15) is 0 Å². The number of rotatable bonds is 6. The first kappa shape index (κ1) is 13.2. The van der Waals surface area contributed by atoms with Crippen molar-refractivity contribution in [1.82, 2.24) is 0 Å². The van der Waals surface area contributed by atoms with Crippen LogP contribution in [0.15, 0.2) is 29.6 Å². The molecule has 0 heterocycles. The quantitative estimate of drug-likeness (QED) is 0.608. The number of carboxylic acid groups (broad SMARTS) is 1. The maximum atomic E-state index is 10.8. The van der Waals surface area contributed by atoms with Crippen molar-refractivity contribution < 1.29 is 9.90 Å². The van der Waals surface area contributed by atoms with E-state index in [-0.39, 0.29) is 11.6 Å². The van der Waals surface area contributed by atoms with Gasteiger partial charge in [-0.1, -0.05) is 13.8 Å². The smallest absolute Gasteiger partial charge is 0.335 e. The summed E-state index contributed by atoms with van der Waals surface area (Å²) < 4.78 is 0. The zero-order valence-corrected chi connectivity index (χ0v) is 9.96. The fourth-order valence-corrected chi connectivity index (χ4v) is 1.72. The summed E-state index contributed by atoms with van der Waals surface area (Å²) in [5.41, 5.74) is 0.822. The molecule has 0 amide bonds. The number of benzene rings is 1. The van der Waals surface area contributed by atoms with Crippen molar-refractivity contribution in [3.05, 3.63) is 34.7 Å². The van der Waals surface area contributed by atoms with Crippen molar-refractivity contribution in [3.8, 4) is 0 Å². The molecule has 0 saturated heterocycles. The molecule has 17 heavy (non-hydrogen) atoms. The summed E-state index contributed by atoms with van der Waals surface area (Å²) in [6.45, 7) is 3.97. The Kier molecular flexibility index (Phi) is 4.63. The summed E-state index contributed by atoms with van der Waals surface area (Å²) in [7, 11) is 0. The third kappa shape index (κ3) is 3.03. The normalized spacial score (nSPS) is 10.3. The van der Waals surface area contributed by atoms with E-state index in [1.54, 1.807) is 12.1 Å². The van der Waals surface area contributed by atoms with Crippen LogP contribution in [0.5, 0.6) is 0 Å². The molecule has 0 bridgehead atoms. The van der Waals surface area contributed by atoms with E-state index in [4.69, 9.17) is 5.11 Å². The second-order valence-electron chi connectivity index (χ2n) is 3.75. The summed E-state index contributed by atoms with van der Waals surface area (Å²) >= 11 is 0. The average molecular weight is 236 g/mol. The molecule has 0 atom stereocenters. The van der Waals surface area contributed by atoms with Crippen LogP contribution < -0.4 is 5.01 Å². The topological polar surface area (TPSA) is 70.0 Å². The Labute approximate surface area is 100 Å². The Morgan fingerprint density at radius 2 is 1.82 bits per heavy atom. The lowest BCUT2D eigenvalue weighted by molar-refractivity contribution is 0.0697. The number of anilines is 1. The first-order chi connectivity index (χ1) is 8.13. The third-order valence-electron chi connectivity index (χ3n) is 2.76. The van der Waals surface area contributed by atoms with Crippen molar-refractivity contribution in [2.24, 2.45) is 5.29 Å². The Morgan fingerprint density at radius 3 is 2.18 bits per heavy atom. The number of hydrogen-bond donors (Lipinski definition) is 1. The van der Waals surface area contributed by atoms with E-state index in [9.17, 15) is 9.70 Å². The maximum Gasteiger partial charge on any atom is 0.335 e. The standard InChI is InChI=1S/C12H16N2O3/c1-3-10(4-2)14(13-17)11-7-5-9(6-8-11)12(15)16/h5-8,10H,3-4H2,1-2H3,(H,15,16). The molecule has 5 nitrogen and oxygen atoms in total. The highest BCUT2D eigenvalue weighted by molar-refractivity contribution is 5.88. The average Bonchev–Trinajstić information content (AvgIpc) is 2.36. The van der Waals surface area contributed by atoms with E-state index in [0.717, 1.165) is 12.8 Å². The first-order valence-electron chi connectivity index (χ1n) is 5.59. The molecule has 1 rings (SSSR count). The van der Waals surface area contributed by atoms with Crippen molar-refractivity contribution in [2.45, 2.75) is 32.7 Å². The van der Waals surface area contributed by atoms with Crippen molar-refractivity contribution in [1.29, 1.82) is 0 Å². The second kappa shape index (κ2) is 5.98. The van der Waals surface area contributed by atoms with Crippen molar-refractivity contribution in [3.63, 3.8) is 0 Å².